The molecule has 1 aliphatic carbocycles. The first-order valence-electron chi connectivity index (χ1n) is 11.9. The molecule has 1 heterocycles. The summed E-state index contributed by atoms with van der Waals surface area (Å²) in [4.78, 5) is 23.8. The Labute approximate surface area is 204 Å². The maximum atomic E-state index is 11.9. The topological polar surface area (TPSA) is 143 Å². The molecular formula is C27H34N2O6. The molecule has 4 rings (SSSR count). The van der Waals surface area contributed by atoms with Crippen LogP contribution >= 0.6 is 0 Å². The molecule has 6 N–H and O–H groups in total. The molecule has 188 valence electrons. The molecule has 35 heavy (non-hydrogen) atoms. The van der Waals surface area contributed by atoms with Crippen LogP contribution in [0.5, 0.6) is 5.75 Å². The van der Waals surface area contributed by atoms with E-state index in [9.17, 15) is 15.0 Å². The number of nitrogens with one attached hydrogen (secondary N) is 2. The summed E-state index contributed by atoms with van der Waals surface area (Å²) in [6.45, 7) is 5.78. The first-order chi connectivity index (χ1) is 16.7. The lowest BCUT2D eigenvalue weighted by Gasteiger charge is -2.18. The van der Waals surface area contributed by atoms with E-state index in [1.54, 1.807) is 19.1 Å². The first kappa shape index (κ1) is 26.4. The fourth-order valence-corrected chi connectivity index (χ4v) is 4.66. The standard InChI is InChI=1S/C25H30N2O3.C2H4O3/c1-4-15-9-17-11-19(12-18(17)10-16(15)5-2)26-13-23(29)20-6-7-22(28)24-21(20)8-14(3)25(30)27-24;3-1-2(4)5/h6-10,19,23,26,28-29H,4-5,11-13H2,1-3H3,(H,27,30);3H,1H2,(H,4,5). The van der Waals surface area contributed by atoms with Gasteiger partial charge in [-0.25, -0.2) is 4.79 Å². The van der Waals surface area contributed by atoms with E-state index in [2.05, 4.69) is 36.3 Å². The van der Waals surface area contributed by atoms with Crippen molar-refractivity contribution >= 4 is 16.9 Å². The van der Waals surface area contributed by atoms with Gasteiger partial charge in [0.05, 0.1) is 11.6 Å². The number of fused-ring (bicyclic) bond motifs is 2. The Balaban J connectivity index is 0.000000623. The molecule has 8 nitrogen and oxygen atoms in total. The number of aromatic hydroxyl groups is 1. The summed E-state index contributed by atoms with van der Waals surface area (Å²) < 4.78 is 0. The van der Waals surface area contributed by atoms with Crippen LogP contribution in [0.4, 0.5) is 0 Å². The molecule has 1 atom stereocenters. The minimum absolute atomic E-state index is 0.00992. The second-order valence-electron chi connectivity index (χ2n) is 8.92. The van der Waals surface area contributed by atoms with E-state index in [0.29, 0.717) is 34.6 Å². The summed E-state index contributed by atoms with van der Waals surface area (Å²) in [5, 5.41) is 40.2. The Morgan fingerprint density at radius 2 is 1.69 bits per heavy atom. The minimum atomic E-state index is -1.19. The van der Waals surface area contributed by atoms with Gasteiger partial charge in [0.2, 0.25) is 0 Å². The number of aliphatic hydroxyl groups excluding tert-OH is 2. The molecule has 0 bridgehead atoms. The van der Waals surface area contributed by atoms with Crippen LogP contribution in [-0.4, -0.2) is 50.6 Å². The number of phenolic OH excluding ortho intramolecular Hbond substituents is 1. The number of aliphatic hydroxyl groups is 2. The van der Waals surface area contributed by atoms with Crippen molar-refractivity contribution in [1.29, 1.82) is 0 Å². The summed E-state index contributed by atoms with van der Waals surface area (Å²) in [5.41, 5.74) is 7.11. The molecule has 0 amide bonds. The van der Waals surface area contributed by atoms with Crippen LogP contribution in [0.2, 0.25) is 0 Å². The fraction of sp³-hybridized carbons (Fsp3) is 0.407. The number of aryl methyl sites for hydroxylation is 3. The third kappa shape index (κ3) is 6.08. The summed E-state index contributed by atoms with van der Waals surface area (Å²) >= 11 is 0. The number of aromatic amines is 1. The molecule has 0 aliphatic heterocycles. The van der Waals surface area contributed by atoms with Gasteiger partial charge in [-0.1, -0.05) is 32.0 Å². The van der Waals surface area contributed by atoms with E-state index in [4.69, 9.17) is 15.0 Å². The maximum absolute atomic E-state index is 11.9. The molecular weight excluding hydrogens is 448 g/mol. The number of phenols is 1. The van der Waals surface area contributed by atoms with Gasteiger partial charge in [-0.05, 0) is 72.6 Å². The number of carboxylic acid groups (broad SMARTS) is 1. The zero-order valence-electron chi connectivity index (χ0n) is 20.4. The lowest BCUT2D eigenvalue weighted by atomic mass is 9.97. The average molecular weight is 483 g/mol. The van der Waals surface area contributed by atoms with Gasteiger partial charge in [-0.15, -0.1) is 0 Å². The molecule has 1 aliphatic rings. The predicted octanol–water partition coefficient (Wildman–Crippen LogP) is 2.52. The van der Waals surface area contributed by atoms with Crippen LogP contribution < -0.4 is 10.9 Å². The maximum Gasteiger partial charge on any atom is 0.329 e. The number of pyridine rings is 1. The van der Waals surface area contributed by atoms with Gasteiger partial charge < -0.3 is 30.7 Å². The molecule has 0 fully saturated rings. The summed E-state index contributed by atoms with van der Waals surface area (Å²) in [5.74, 6) is -1.18. The molecule has 0 spiro atoms. The zero-order valence-corrected chi connectivity index (χ0v) is 20.4. The normalized spacial score (nSPS) is 13.9. The number of hydrogen-bond acceptors (Lipinski definition) is 6. The van der Waals surface area contributed by atoms with Crippen LogP contribution in [0.15, 0.2) is 35.1 Å². The Morgan fingerprint density at radius 1 is 1.11 bits per heavy atom. The van der Waals surface area contributed by atoms with E-state index < -0.39 is 18.7 Å². The predicted molar refractivity (Wildman–Crippen MR) is 135 cm³/mol. The van der Waals surface area contributed by atoms with Gasteiger partial charge in [-0.3, -0.25) is 4.79 Å². The molecule has 0 saturated carbocycles. The van der Waals surface area contributed by atoms with Crippen molar-refractivity contribution in [2.45, 2.75) is 58.6 Å². The van der Waals surface area contributed by atoms with Crippen molar-refractivity contribution in [3.63, 3.8) is 0 Å². The number of aliphatic carboxylic acids is 1. The van der Waals surface area contributed by atoms with Gasteiger partial charge in [0.25, 0.3) is 5.56 Å². The average Bonchev–Trinajstić information content (AvgIpc) is 3.25. The van der Waals surface area contributed by atoms with Crippen LogP contribution in [0.3, 0.4) is 0 Å². The van der Waals surface area contributed by atoms with Gasteiger partial charge in [0.15, 0.2) is 0 Å². The summed E-state index contributed by atoms with van der Waals surface area (Å²) in [7, 11) is 0. The molecule has 8 heteroatoms. The van der Waals surface area contributed by atoms with Crippen molar-refractivity contribution in [2.75, 3.05) is 13.2 Å². The lowest BCUT2D eigenvalue weighted by Crippen LogP contribution is -2.33. The van der Waals surface area contributed by atoms with E-state index in [-0.39, 0.29) is 11.3 Å². The van der Waals surface area contributed by atoms with E-state index in [1.807, 2.05) is 0 Å². The third-order valence-corrected chi connectivity index (χ3v) is 6.53. The fourth-order valence-electron chi connectivity index (χ4n) is 4.66. The monoisotopic (exact) mass is 482 g/mol. The molecule has 1 aromatic heterocycles. The van der Waals surface area contributed by atoms with Gasteiger partial charge in [0.1, 0.15) is 12.4 Å². The summed E-state index contributed by atoms with van der Waals surface area (Å²) in [6.07, 6.45) is 3.33. The number of hydrogen-bond donors (Lipinski definition) is 6. The van der Waals surface area contributed by atoms with Crippen LogP contribution in [-0.2, 0) is 30.5 Å². The van der Waals surface area contributed by atoms with Crippen LogP contribution in [0.25, 0.3) is 10.9 Å². The summed E-state index contributed by atoms with van der Waals surface area (Å²) in [6, 6.07) is 10.0. The Morgan fingerprint density at radius 3 is 2.20 bits per heavy atom. The van der Waals surface area contributed by atoms with Gasteiger partial charge in [0, 0.05) is 23.5 Å². The quantitative estimate of drug-likeness (QED) is 0.304. The largest absolute Gasteiger partial charge is 0.506 e. The molecule has 2 aromatic carbocycles. The van der Waals surface area contributed by atoms with Crippen molar-refractivity contribution < 1.29 is 25.2 Å². The van der Waals surface area contributed by atoms with E-state index in [1.165, 1.54) is 28.3 Å². The second kappa shape index (κ2) is 11.5. The number of aromatic nitrogens is 1. The van der Waals surface area contributed by atoms with Crippen molar-refractivity contribution in [2.24, 2.45) is 0 Å². The van der Waals surface area contributed by atoms with E-state index in [0.717, 1.165) is 25.7 Å². The SMILES string of the molecule is CCc1cc2c(cc1CC)CC(NCC(O)c1ccc(O)c3[nH]c(=O)c(C)cc13)C2.O=C(O)CO. The number of benzene rings is 2. The zero-order chi connectivity index (χ0) is 25.7. The molecule has 3 aromatic rings. The molecule has 0 radical (unpaired) electrons. The van der Waals surface area contributed by atoms with Crippen molar-refractivity contribution in [1.82, 2.24) is 10.3 Å². The molecule has 0 saturated heterocycles. The number of carbonyl (C=O) groups is 1. The van der Waals surface area contributed by atoms with Crippen molar-refractivity contribution in [3.8, 4) is 5.75 Å². The Kier molecular flexibility index (Phi) is 8.67. The lowest BCUT2D eigenvalue weighted by molar-refractivity contribution is -0.140. The van der Waals surface area contributed by atoms with Crippen LogP contribution in [0.1, 0.15) is 53.3 Å². The second-order valence-corrected chi connectivity index (χ2v) is 8.92. The number of H-pyrrole nitrogens is 1. The Bertz CT molecular complexity index is 1230. The van der Waals surface area contributed by atoms with Crippen LogP contribution in [0, 0.1) is 6.92 Å². The number of rotatable bonds is 7. The highest BCUT2D eigenvalue weighted by atomic mass is 16.4. The first-order valence-corrected chi connectivity index (χ1v) is 11.9. The highest BCUT2D eigenvalue weighted by molar-refractivity contribution is 5.88. The molecule has 1 unspecified atom stereocenters. The highest BCUT2D eigenvalue weighted by Crippen LogP contribution is 2.30. The highest BCUT2D eigenvalue weighted by Gasteiger charge is 2.24. The van der Waals surface area contributed by atoms with Crippen molar-refractivity contribution in [3.05, 3.63) is 74.1 Å². The Hall–Kier alpha value is -3.20. The van der Waals surface area contributed by atoms with Gasteiger partial charge in [-0.2, -0.15) is 0 Å². The van der Waals surface area contributed by atoms with E-state index >= 15 is 0 Å². The third-order valence-electron chi connectivity index (χ3n) is 6.53. The number of carboxylic acids is 1. The smallest absolute Gasteiger partial charge is 0.329 e. The minimum Gasteiger partial charge on any atom is -0.506 e. The van der Waals surface area contributed by atoms with Gasteiger partial charge >= 0.3 is 5.97 Å².